The fourth-order valence-electron chi connectivity index (χ4n) is 1.90. The summed E-state index contributed by atoms with van der Waals surface area (Å²) in [6, 6.07) is 5.57. The molecule has 0 bridgehead atoms. The molecule has 1 aromatic carbocycles. The van der Waals surface area contributed by atoms with Crippen LogP contribution in [0.1, 0.15) is 30.6 Å². The fraction of sp³-hybridized carbons (Fsp3) is 0.385. The molecule has 2 rings (SSSR count). The predicted octanol–water partition coefficient (Wildman–Crippen LogP) is 3.53. The number of nitrogens with one attached hydrogen (secondary N) is 1. The molecule has 1 unspecified atom stereocenters. The van der Waals surface area contributed by atoms with Crippen molar-refractivity contribution < 1.29 is 17.9 Å². The number of hydrogen-bond acceptors (Lipinski definition) is 5. The lowest BCUT2D eigenvalue weighted by Crippen LogP contribution is -2.26. The molecule has 0 aliphatic carbocycles. The number of alkyl halides is 3. The molecule has 0 aliphatic rings. The van der Waals surface area contributed by atoms with Crippen molar-refractivity contribution in [2.45, 2.75) is 25.7 Å². The second-order valence-corrected chi connectivity index (χ2v) is 4.91. The molecular formula is C13H14F3N3OS. The molecule has 0 fully saturated rings. The highest BCUT2D eigenvalue weighted by Crippen LogP contribution is 2.33. The van der Waals surface area contributed by atoms with E-state index in [0.717, 1.165) is 18.0 Å². The van der Waals surface area contributed by atoms with Gasteiger partial charge in [0.1, 0.15) is 5.75 Å². The molecule has 2 aromatic rings. The zero-order valence-electron chi connectivity index (χ0n) is 11.2. The summed E-state index contributed by atoms with van der Waals surface area (Å²) in [7, 11) is 0. The fourth-order valence-corrected chi connectivity index (χ4v) is 2.38. The van der Waals surface area contributed by atoms with Gasteiger partial charge in [-0.1, -0.05) is 29.6 Å². The molecular weight excluding hydrogens is 303 g/mol. The number of para-hydroxylation sites is 1. The lowest BCUT2D eigenvalue weighted by molar-refractivity contribution is -0.275. The number of nitrogens with zero attached hydrogens (tertiary/aromatic N) is 2. The van der Waals surface area contributed by atoms with Crippen LogP contribution in [0.15, 0.2) is 29.6 Å². The van der Waals surface area contributed by atoms with Gasteiger partial charge in [0.2, 0.25) is 0 Å². The molecule has 0 radical (unpaired) electrons. The van der Waals surface area contributed by atoms with Gasteiger partial charge in [-0.15, -0.1) is 18.3 Å². The Kier molecular flexibility index (Phi) is 5.13. The van der Waals surface area contributed by atoms with E-state index in [-0.39, 0.29) is 5.75 Å². The number of ether oxygens (including phenoxy) is 1. The van der Waals surface area contributed by atoms with E-state index in [2.05, 4.69) is 19.6 Å². The average molecular weight is 317 g/mol. The normalized spacial score (nSPS) is 13.1. The van der Waals surface area contributed by atoms with E-state index in [9.17, 15) is 13.2 Å². The molecule has 4 nitrogen and oxygen atoms in total. The van der Waals surface area contributed by atoms with Crippen LogP contribution in [0.4, 0.5) is 13.2 Å². The van der Waals surface area contributed by atoms with Crippen molar-refractivity contribution in [1.29, 1.82) is 0 Å². The highest BCUT2D eigenvalue weighted by molar-refractivity contribution is 7.03. The maximum absolute atomic E-state index is 12.5. The van der Waals surface area contributed by atoms with Gasteiger partial charge in [0, 0.05) is 10.9 Å². The quantitative estimate of drug-likeness (QED) is 0.885. The van der Waals surface area contributed by atoms with Gasteiger partial charge in [-0.2, -0.15) is 0 Å². The zero-order chi connectivity index (χ0) is 15.3. The third-order valence-electron chi connectivity index (χ3n) is 2.73. The molecule has 0 spiro atoms. The Morgan fingerprint density at radius 3 is 2.71 bits per heavy atom. The van der Waals surface area contributed by atoms with Crippen LogP contribution in [-0.2, 0) is 0 Å². The Morgan fingerprint density at radius 1 is 1.33 bits per heavy atom. The first kappa shape index (κ1) is 15.7. The minimum absolute atomic E-state index is 0.230. The Morgan fingerprint density at radius 2 is 2.10 bits per heavy atom. The van der Waals surface area contributed by atoms with Gasteiger partial charge in [0.25, 0.3) is 0 Å². The summed E-state index contributed by atoms with van der Waals surface area (Å²) in [5, 5.41) is 8.83. The molecule has 1 heterocycles. The Bertz CT molecular complexity index is 560. The van der Waals surface area contributed by atoms with Crippen LogP contribution >= 0.6 is 11.5 Å². The molecule has 114 valence electrons. The van der Waals surface area contributed by atoms with E-state index in [4.69, 9.17) is 0 Å². The van der Waals surface area contributed by atoms with Crippen LogP contribution in [0.3, 0.4) is 0 Å². The smallest absolute Gasteiger partial charge is 0.405 e. The molecule has 1 atom stereocenters. The number of rotatable bonds is 6. The first-order chi connectivity index (χ1) is 10.0. The van der Waals surface area contributed by atoms with Gasteiger partial charge in [-0.3, -0.25) is 0 Å². The van der Waals surface area contributed by atoms with Crippen molar-refractivity contribution in [3.8, 4) is 5.75 Å². The van der Waals surface area contributed by atoms with Gasteiger partial charge in [0.15, 0.2) is 0 Å². The standard InChI is InChI=1S/C13H14F3N3OS/c1-2-7-17-12(10-8-21-19-18-10)9-5-3-4-6-11(9)20-13(14,15)16/h3-6,8,12,17H,2,7H2,1H3. The maximum atomic E-state index is 12.5. The third-order valence-corrected chi connectivity index (χ3v) is 3.25. The third kappa shape index (κ3) is 4.40. The molecule has 0 saturated heterocycles. The van der Waals surface area contributed by atoms with E-state index in [1.54, 1.807) is 17.5 Å². The topological polar surface area (TPSA) is 47.0 Å². The van der Waals surface area contributed by atoms with Crippen LogP contribution < -0.4 is 10.1 Å². The van der Waals surface area contributed by atoms with Crippen molar-refractivity contribution in [3.05, 3.63) is 40.9 Å². The number of hydrogen-bond donors (Lipinski definition) is 1. The van der Waals surface area contributed by atoms with Gasteiger partial charge < -0.3 is 10.1 Å². The number of benzene rings is 1. The Labute approximate surface area is 124 Å². The van der Waals surface area contributed by atoms with E-state index >= 15 is 0 Å². The van der Waals surface area contributed by atoms with Crippen LogP contribution in [0, 0.1) is 0 Å². The van der Waals surface area contributed by atoms with E-state index < -0.39 is 12.4 Å². The largest absolute Gasteiger partial charge is 0.573 e. The summed E-state index contributed by atoms with van der Waals surface area (Å²) in [6.45, 7) is 2.62. The number of halogens is 3. The summed E-state index contributed by atoms with van der Waals surface area (Å²) in [4.78, 5) is 0. The summed E-state index contributed by atoms with van der Waals surface area (Å²) in [5.41, 5.74) is 0.961. The zero-order valence-corrected chi connectivity index (χ0v) is 12.0. The first-order valence-electron chi connectivity index (χ1n) is 6.36. The van der Waals surface area contributed by atoms with E-state index in [0.29, 0.717) is 17.8 Å². The van der Waals surface area contributed by atoms with Crippen LogP contribution in [0.5, 0.6) is 5.75 Å². The van der Waals surface area contributed by atoms with Crippen molar-refractivity contribution in [2.75, 3.05) is 6.54 Å². The van der Waals surface area contributed by atoms with Crippen LogP contribution in [0.25, 0.3) is 0 Å². The minimum atomic E-state index is -4.73. The molecule has 0 saturated carbocycles. The van der Waals surface area contributed by atoms with Gasteiger partial charge >= 0.3 is 6.36 Å². The SMILES string of the molecule is CCCNC(c1csnn1)c1ccccc1OC(F)(F)F. The minimum Gasteiger partial charge on any atom is -0.405 e. The molecule has 0 aliphatic heterocycles. The van der Waals surface area contributed by atoms with Crippen molar-refractivity contribution >= 4 is 11.5 Å². The van der Waals surface area contributed by atoms with Crippen molar-refractivity contribution in [1.82, 2.24) is 14.9 Å². The van der Waals surface area contributed by atoms with E-state index in [1.165, 1.54) is 12.1 Å². The lowest BCUT2D eigenvalue weighted by Gasteiger charge is -2.20. The Balaban J connectivity index is 2.35. The van der Waals surface area contributed by atoms with E-state index in [1.807, 2.05) is 6.92 Å². The molecule has 1 N–H and O–H groups in total. The lowest BCUT2D eigenvalue weighted by atomic mass is 10.0. The predicted molar refractivity (Wildman–Crippen MR) is 73.2 cm³/mol. The maximum Gasteiger partial charge on any atom is 0.573 e. The summed E-state index contributed by atoms with van der Waals surface area (Å²) >= 11 is 1.15. The van der Waals surface area contributed by atoms with Crippen molar-refractivity contribution in [2.24, 2.45) is 0 Å². The highest BCUT2D eigenvalue weighted by Gasteiger charge is 2.33. The second-order valence-electron chi connectivity index (χ2n) is 4.30. The Hall–Kier alpha value is -1.67. The van der Waals surface area contributed by atoms with Gasteiger partial charge in [-0.25, -0.2) is 0 Å². The molecule has 0 amide bonds. The molecule has 21 heavy (non-hydrogen) atoms. The van der Waals surface area contributed by atoms with Gasteiger partial charge in [0.05, 0.1) is 11.7 Å². The van der Waals surface area contributed by atoms with Crippen LogP contribution in [-0.4, -0.2) is 22.5 Å². The molecule has 1 aromatic heterocycles. The number of aromatic nitrogens is 2. The summed E-state index contributed by atoms with van der Waals surface area (Å²) in [6.07, 6.45) is -3.89. The average Bonchev–Trinajstić information content (AvgIpc) is 2.93. The van der Waals surface area contributed by atoms with Crippen LogP contribution in [0.2, 0.25) is 0 Å². The summed E-state index contributed by atoms with van der Waals surface area (Å²) in [5.74, 6) is -0.230. The first-order valence-corrected chi connectivity index (χ1v) is 7.20. The van der Waals surface area contributed by atoms with Crippen molar-refractivity contribution in [3.63, 3.8) is 0 Å². The summed E-state index contributed by atoms with van der Waals surface area (Å²) < 4.78 is 45.4. The highest BCUT2D eigenvalue weighted by atomic mass is 32.1. The monoisotopic (exact) mass is 317 g/mol. The van der Waals surface area contributed by atoms with Gasteiger partial charge in [-0.05, 0) is 30.6 Å². The second kappa shape index (κ2) is 6.86. The molecule has 8 heteroatoms.